The van der Waals surface area contributed by atoms with Crippen LogP contribution in [0, 0.1) is 0 Å². The van der Waals surface area contributed by atoms with E-state index in [1.165, 1.54) is 0 Å². The minimum Gasteiger partial charge on any atom is -0.372 e. The molecule has 2 aliphatic heterocycles. The fourth-order valence-corrected chi connectivity index (χ4v) is 3.73. The van der Waals surface area contributed by atoms with E-state index < -0.39 is 0 Å². The van der Waals surface area contributed by atoms with Gasteiger partial charge < -0.3 is 29.9 Å². The van der Waals surface area contributed by atoms with Crippen LogP contribution in [0.25, 0.3) is 0 Å². The number of urea groups is 2. The standard InChI is InChI=1S/C20H30N4O4/c1-13-9-23(10-14(2)27-13)19(25)21-17-5-7-18(8-6-17)22-20(26)24-11-15(3)28-16(4)12-24/h5-8,13-16H,9-12H2,1-4H3,(H,21,25)(H,22,26)/t13-,14-,15-,16+/m1/s1. The Labute approximate surface area is 166 Å². The number of hydrogen-bond acceptors (Lipinski definition) is 4. The van der Waals surface area contributed by atoms with Gasteiger partial charge in [0.15, 0.2) is 0 Å². The third-order valence-electron chi connectivity index (χ3n) is 4.80. The van der Waals surface area contributed by atoms with E-state index in [0.717, 1.165) is 0 Å². The van der Waals surface area contributed by atoms with Crippen LogP contribution in [0.5, 0.6) is 0 Å². The molecule has 1 aromatic rings. The fraction of sp³-hybridized carbons (Fsp3) is 0.600. The summed E-state index contributed by atoms with van der Waals surface area (Å²) in [6.07, 6.45) is 0.103. The lowest BCUT2D eigenvalue weighted by Crippen LogP contribution is -2.49. The lowest BCUT2D eigenvalue weighted by molar-refractivity contribution is -0.0531. The monoisotopic (exact) mass is 390 g/mol. The van der Waals surface area contributed by atoms with Crippen LogP contribution in [0.1, 0.15) is 27.7 Å². The van der Waals surface area contributed by atoms with E-state index in [-0.39, 0.29) is 36.5 Å². The third kappa shape index (κ3) is 5.36. The quantitative estimate of drug-likeness (QED) is 0.813. The van der Waals surface area contributed by atoms with Gasteiger partial charge in [-0.15, -0.1) is 0 Å². The first-order valence-corrected chi connectivity index (χ1v) is 9.83. The molecule has 0 aliphatic carbocycles. The first-order chi connectivity index (χ1) is 13.3. The molecule has 8 nitrogen and oxygen atoms in total. The molecule has 2 heterocycles. The molecule has 3 rings (SSSR count). The number of morpholine rings is 2. The Hall–Kier alpha value is -2.32. The van der Waals surface area contributed by atoms with Gasteiger partial charge in [0.1, 0.15) is 0 Å². The molecule has 2 saturated heterocycles. The second-order valence-electron chi connectivity index (χ2n) is 7.76. The van der Waals surface area contributed by atoms with Crippen molar-refractivity contribution >= 4 is 23.4 Å². The van der Waals surface area contributed by atoms with Crippen molar-refractivity contribution in [2.24, 2.45) is 0 Å². The molecule has 2 N–H and O–H groups in total. The van der Waals surface area contributed by atoms with Gasteiger partial charge in [0.2, 0.25) is 0 Å². The normalized spacial score (nSPS) is 28.0. The van der Waals surface area contributed by atoms with E-state index in [2.05, 4.69) is 10.6 Å². The fourth-order valence-electron chi connectivity index (χ4n) is 3.73. The first-order valence-electron chi connectivity index (χ1n) is 9.83. The number of carbonyl (C=O) groups excluding carboxylic acids is 2. The molecule has 0 unspecified atom stereocenters. The maximum atomic E-state index is 12.5. The van der Waals surface area contributed by atoms with Gasteiger partial charge in [-0.2, -0.15) is 0 Å². The predicted molar refractivity (Wildman–Crippen MR) is 108 cm³/mol. The van der Waals surface area contributed by atoms with Crippen molar-refractivity contribution in [3.05, 3.63) is 24.3 Å². The number of benzene rings is 1. The molecule has 2 fully saturated rings. The number of hydrogen-bond donors (Lipinski definition) is 2. The second kappa shape index (κ2) is 8.79. The molecule has 0 saturated carbocycles. The van der Waals surface area contributed by atoms with Crippen LogP contribution in [0.4, 0.5) is 21.0 Å². The summed E-state index contributed by atoms with van der Waals surface area (Å²) >= 11 is 0. The van der Waals surface area contributed by atoms with Crippen LogP contribution in [-0.4, -0.2) is 72.5 Å². The highest BCUT2D eigenvalue weighted by Crippen LogP contribution is 2.18. The average Bonchev–Trinajstić information content (AvgIpc) is 2.61. The summed E-state index contributed by atoms with van der Waals surface area (Å²) in [6.45, 7) is 10.1. The molecule has 1 aromatic carbocycles. The van der Waals surface area contributed by atoms with Gasteiger partial charge in [-0.1, -0.05) is 0 Å². The van der Waals surface area contributed by atoms with Gasteiger partial charge in [0, 0.05) is 37.6 Å². The van der Waals surface area contributed by atoms with Crippen LogP contribution >= 0.6 is 0 Å². The molecule has 154 valence electrons. The molecule has 2 aliphatic rings. The molecule has 0 spiro atoms. The zero-order valence-electron chi connectivity index (χ0n) is 17.0. The summed E-state index contributed by atoms with van der Waals surface area (Å²) in [7, 11) is 0. The molecule has 8 heteroatoms. The van der Waals surface area contributed by atoms with Crippen LogP contribution in [0.2, 0.25) is 0 Å². The van der Waals surface area contributed by atoms with Gasteiger partial charge in [-0.05, 0) is 52.0 Å². The van der Waals surface area contributed by atoms with Crippen LogP contribution in [-0.2, 0) is 9.47 Å². The topological polar surface area (TPSA) is 83.1 Å². The van der Waals surface area contributed by atoms with E-state index in [0.29, 0.717) is 37.6 Å². The molecular formula is C20H30N4O4. The summed E-state index contributed by atoms with van der Waals surface area (Å²) < 4.78 is 11.3. The van der Waals surface area contributed by atoms with Crippen LogP contribution in [0.3, 0.4) is 0 Å². The van der Waals surface area contributed by atoms with E-state index in [9.17, 15) is 9.59 Å². The second-order valence-corrected chi connectivity index (χ2v) is 7.76. The van der Waals surface area contributed by atoms with E-state index in [1.807, 2.05) is 27.7 Å². The van der Waals surface area contributed by atoms with Crippen molar-refractivity contribution in [1.82, 2.24) is 9.80 Å². The van der Waals surface area contributed by atoms with Crippen molar-refractivity contribution in [2.75, 3.05) is 36.8 Å². The Kier molecular flexibility index (Phi) is 6.41. The van der Waals surface area contributed by atoms with Gasteiger partial charge >= 0.3 is 12.1 Å². The van der Waals surface area contributed by atoms with Crippen LogP contribution in [0.15, 0.2) is 24.3 Å². The SMILES string of the molecule is C[C@@H]1CN(C(=O)Nc2ccc(NC(=O)N3C[C@@H](C)O[C@@H](C)C3)cc2)C[C@@H](C)O1. The maximum absolute atomic E-state index is 12.5. The Morgan fingerprint density at radius 2 is 1.00 bits per heavy atom. The van der Waals surface area contributed by atoms with E-state index >= 15 is 0 Å². The van der Waals surface area contributed by atoms with Crippen molar-refractivity contribution in [3.8, 4) is 0 Å². The Balaban J connectivity index is 1.53. The zero-order chi connectivity index (χ0) is 20.3. The average molecular weight is 390 g/mol. The molecular weight excluding hydrogens is 360 g/mol. The number of anilines is 2. The van der Waals surface area contributed by atoms with E-state index in [1.54, 1.807) is 34.1 Å². The predicted octanol–water partition coefficient (Wildman–Crippen LogP) is 2.97. The van der Waals surface area contributed by atoms with Gasteiger partial charge in [-0.3, -0.25) is 0 Å². The molecule has 28 heavy (non-hydrogen) atoms. The lowest BCUT2D eigenvalue weighted by Gasteiger charge is -2.35. The number of carbonyl (C=O) groups is 2. The summed E-state index contributed by atoms with van der Waals surface area (Å²) in [5.74, 6) is 0. The Morgan fingerprint density at radius 3 is 1.29 bits per heavy atom. The molecule has 4 atom stereocenters. The van der Waals surface area contributed by atoms with E-state index in [4.69, 9.17) is 9.47 Å². The maximum Gasteiger partial charge on any atom is 0.322 e. The number of amides is 4. The Morgan fingerprint density at radius 1 is 0.714 bits per heavy atom. The minimum absolute atomic E-state index is 0.0257. The highest BCUT2D eigenvalue weighted by Gasteiger charge is 2.27. The number of rotatable bonds is 2. The van der Waals surface area contributed by atoms with Crippen molar-refractivity contribution in [3.63, 3.8) is 0 Å². The summed E-state index contributed by atoms with van der Waals surface area (Å²) in [4.78, 5) is 28.4. The minimum atomic E-state index is -0.143. The van der Waals surface area contributed by atoms with Gasteiger partial charge in [0.25, 0.3) is 0 Å². The van der Waals surface area contributed by atoms with Gasteiger partial charge in [-0.25, -0.2) is 9.59 Å². The summed E-state index contributed by atoms with van der Waals surface area (Å²) in [5.41, 5.74) is 1.37. The van der Waals surface area contributed by atoms with Crippen molar-refractivity contribution in [1.29, 1.82) is 0 Å². The lowest BCUT2D eigenvalue weighted by atomic mass is 10.2. The summed E-state index contributed by atoms with van der Waals surface area (Å²) in [5, 5.41) is 5.80. The smallest absolute Gasteiger partial charge is 0.322 e. The number of nitrogens with one attached hydrogen (secondary N) is 2. The molecule has 4 amide bonds. The summed E-state index contributed by atoms with van der Waals surface area (Å²) in [6, 6.07) is 6.85. The molecule has 0 radical (unpaired) electrons. The number of ether oxygens (including phenoxy) is 2. The van der Waals surface area contributed by atoms with Crippen molar-refractivity contribution in [2.45, 2.75) is 52.1 Å². The van der Waals surface area contributed by atoms with Crippen LogP contribution < -0.4 is 10.6 Å². The molecule has 0 aromatic heterocycles. The van der Waals surface area contributed by atoms with Gasteiger partial charge in [0.05, 0.1) is 24.4 Å². The largest absolute Gasteiger partial charge is 0.372 e. The molecule has 0 bridgehead atoms. The Bertz CT molecular complexity index is 617. The highest BCUT2D eigenvalue weighted by atomic mass is 16.5. The third-order valence-corrected chi connectivity index (χ3v) is 4.80. The highest BCUT2D eigenvalue weighted by molar-refractivity contribution is 5.91. The van der Waals surface area contributed by atoms with Crippen molar-refractivity contribution < 1.29 is 19.1 Å². The zero-order valence-corrected chi connectivity index (χ0v) is 17.0. The first kappa shape index (κ1) is 20.4. The number of nitrogens with zero attached hydrogens (tertiary/aromatic N) is 2.